The highest BCUT2D eigenvalue weighted by Crippen LogP contribution is 2.37. The Balaban J connectivity index is 2.39. The number of halogens is 3. The van der Waals surface area contributed by atoms with Crippen molar-refractivity contribution in [3.8, 4) is 5.75 Å². The summed E-state index contributed by atoms with van der Waals surface area (Å²) in [4.78, 5) is 12.0. The minimum atomic E-state index is -4.87. The van der Waals surface area contributed by atoms with E-state index in [0.29, 0.717) is 5.46 Å². The van der Waals surface area contributed by atoms with Gasteiger partial charge in [-0.3, -0.25) is 4.79 Å². The van der Waals surface area contributed by atoms with Gasteiger partial charge in [-0.1, -0.05) is 13.0 Å². The molecule has 1 saturated heterocycles. The SMILES string of the molecule is CCC(=O)c1cc(B2OC(C)(C)C(C)(C)O2)ccc1OC(F)(F)F. The van der Waals surface area contributed by atoms with E-state index in [9.17, 15) is 18.0 Å². The van der Waals surface area contributed by atoms with E-state index in [0.717, 1.165) is 6.07 Å². The van der Waals surface area contributed by atoms with Gasteiger partial charge in [0.15, 0.2) is 5.78 Å². The summed E-state index contributed by atoms with van der Waals surface area (Å²) in [5.41, 5.74) is -0.844. The normalized spacial score (nSPS) is 19.4. The van der Waals surface area contributed by atoms with Crippen molar-refractivity contribution in [1.29, 1.82) is 0 Å². The third-order valence-corrected chi connectivity index (χ3v) is 4.38. The molecule has 2 rings (SSSR count). The van der Waals surface area contributed by atoms with Crippen LogP contribution in [-0.4, -0.2) is 30.5 Å². The van der Waals surface area contributed by atoms with Crippen LogP contribution >= 0.6 is 0 Å². The van der Waals surface area contributed by atoms with Crippen molar-refractivity contribution < 1.29 is 32.0 Å². The predicted molar refractivity (Wildman–Crippen MR) is 83.5 cm³/mol. The number of ether oxygens (including phenoxy) is 1. The minimum Gasteiger partial charge on any atom is -0.405 e. The summed E-state index contributed by atoms with van der Waals surface area (Å²) in [6.07, 6.45) is -4.81. The molecule has 132 valence electrons. The number of alkyl halides is 3. The van der Waals surface area contributed by atoms with Gasteiger partial charge in [0, 0.05) is 6.42 Å². The molecule has 0 radical (unpaired) electrons. The predicted octanol–water partition coefficient (Wildman–Crippen LogP) is 3.48. The molecule has 0 amide bonds. The maximum absolute atomic E-state index is 12.5. The Hall–Kier alpha value is -1.54. The van der Waals surface area contributed by atoms with Gasteiger partial charge in [0.1, 0.15) is 5.75 Å². The zero-order valence-corrected chi connectivity index (χ0v) is 14.3. The Morgan fingerprint density at radius 2 is 1.71 bits per heavy atom. The maximum atomic E-state index is 12.5. The average molecular weight is 344 g/mol. The molecule has 0 atom stereocenters. The monoisotopic (exact) mass is 344 g/mol. The van der Waals surface area contributed by atoms with Crippen molar-refractivity contribution >= 4 is 18.4 Å². The van der Waals surface area contributed by atoms with Gasteiger partial charge in [-0.2, -0.15) is 0 Å². The lowest BCUT2D eigenvalue weighted by molar-refractivity contribution is -0.274. The second-order valence-corrected chi connectivity index (χ2v) is 6.67. The van der Waals surface area contributed by atoms with Crippen LogP contribution in [0.2, 0.25) is 0 Å². The topological polar surface area (TPSA) is 44.8 Å². The van der Waals surface area contributed by atoms with Crippen LogP contribution in [0.4, 0.5) is 13.2 Å². The first-order chi connectivity index (χ1) is 10.9. The van der Waals surface area contributed by atoms with E-state index in [1.807, 2.05) is 27.7 Å². The van der Waals surface area contributed by atoms with Crippen LogP contribution in [-0.2, 0) is 9.31 Å². The van der Waals surface area contributed by atoms with Crippen LogP contribution in [0.3, 0.4) is 0 Å². The van der Waals surface area contributed by atoms with Crippen LogP contribution in [0.5, 0.6) is 5.75 Å². The van der Waals surface area contributed by atoms with Gasteiger partial charge in [0.05, 0.1) is 16.8 Å². The van der Waals surface area contributed by atoms with Crippen molar-refractivity contribution in [3.05, 3.63) is 23.8 Å². The van der Waals surface area contributed by atoms with E-state index >= 15 is 0 Å². The fraction of sp³-hybridized carbons (Fsp3) is 0.562. The lowest BCUT2D eigenvalue weighted by Gasteiger charge is -2.32. The van der Waals surface area contributed by atoms with Crippen molar-refractivity contribution in [2.45, 2.75) is 58.6 Å². The molecule has 1 aromatic rings. The van der Waals surface area contributed by atoms with Crippen molar-refractivity contribution in [2.24, 2.45) is 0 Å². The van der Waals surface area contributed by atoms with E-state index < -0.39 is 36.2 Å². The summed E-state index contributed by atoms with van der Waals surface area (Å²) in [5, 5.41) is 0. The number of rotatable bonds is 4. The van der Waals surface area contributed by atoms with Crippen LogP contribution < -0.4 is 10.2 Å². The Morgan fingerprint density at radius 1 is 1.17 bits per heavy atom. The highest BCUT2D eigenvalue weighted by Gasteiger charge is 2.51. The first kappa shape index (κ1) is 18.8. The number of carbonyl (C=O) groups excluding carboxylic acids is 1. The van der Waals surface area contributed by atoms with E-state index in [-0.39, 0.29) is 12.0 Å². The fourth-order valence-electron chi connectivity index (χ4n) is 2.30. The molecular formula is C16H20BF3O4. The number of carbonyl (C=O) groups is 1. The van der Waals surface area contributed by atoms with Gasteiger partial charge in [0.25, 0.3) is 0 Å². The standard InChI is InChI=1S/C16H20BF3O4/c1-6-12(21)11-9-10(7-8-13(11)22-16(18,19)20)17-23-14(2,3)15(4,5)24-17/h7-9H,6H2,1-5H3. The first-order valence-corrected chi connectivity index (χ1v) is 7.65. The Morgan fingerprint density at radius 3 is 2.17 bits per heavy atom. The third-order valence-electron chi connectivity index (χ3n) is 4.38. The molecule has 0 bridgehead atoms. The lowest BCUT2D eigenvalue weighted by Crippen LogP contribution is -2.41. The molecule has 0 unspecified atom stereocenters. The Labute approximate surface area is 139 Å². The van der Waals surface area contributed by atoms with Crippen LogP contribution in [0.1, 0.15) is 51.4 Å². The van der Waals surface area contributed by atoms with Crippen molar-refractivity contribution in [2.75, 3.05) is 0 Å². The highest BCUT2D eigenvalue weighted by atomic mass is 19.4. The smallest absolute Gasteiger partial charge is 0.405 e. The molecule has 1 fully saturated rings. The van der Waals surface area contributed by atoms with Gasteiger partial charge in [-0.15, -0.1) is 13.2 Å². The molecule has 0 aromatic heterocycles. The number of hydrogen-bond donors (Lipinski definition) is 0. The summed E-state index contributed by atoms with van der Waals surface area (Å²) < 4.78 is 53.2. The van der Waals surface area contributed by atoms with Gasteiger partial charge in [0.2, 0.25) is 0 Å². The van der Waals surface area contributed by atoms with Gasteiger partial charge in [-0.05, 0) is 45.3 Å². The van der Waals surface area contributed by atoms with E-state index in [1.165, 1.54) is 12.1 Å². The molecule has 1 heterocycles. The molecule has 4 nitrogen and oxygen atoms in total. The largest absolute Gasteiger partial charge is 0.573 e. The lowest BCUT2D eigenvalue weighted by atomic mass is 9.78. The molecule has 1 aromatic carbocycles. The minimum absolute atomic E-state index is 0.0566. The average Bonchev–Trinajstić information content (AvgIpc) is 2.65. The quantitative estimate of drug-likeness (QED) is 0.620. The Kier molecular flexibility index (Phi) is 4.76. The summed E-state index contributed by atoms with van der Waals surface area (Å²) >= 11 is 0. The van der Waals surface area contributed by atoms with E-state index in [1.54, 1.807) is 6.92 Å². The van der Waals surface area contributed by atoms with E-state index in [4.69, 9.17) is 9.31 Å². The third kappa shape index (κ3) is 3.75. The van der Waals surface area contributed by atoms with Gasteiger partial charge in [-0.25, -0.2) is 0 Å². The zero-order valence-electron chi connectivity index (χ0n) is 14.3. The van der Waals surface area contributed by atoms with Crippen LogP contribution in [0.15, 0.2) is 18.2 Å². The number of benzene rings is 1. The molecule has 0 N–H and O–H groups in total. The summed E-state index contributed by atoms with van der Waals surface area (Å²) in [6, 6.07) is 3.88. The van der Waals surface area contributed by atoms with Gasteiger partial charge >= 0.3 is 13.5 Å². The van der Waals surface area contributed by atoms with E-state index in [2.05, 4.69) is 4.74 Å². The second-order valence-electron chi connectivity index (χ2n) is 6.67. The molecule has 8 heteroatoms. The second kappa shape index (κ2) is 6.08. The summed E-state index contributed by atoms with van der Waals surface area (Å²) in [5.74, 6) is -0.970. The molecule has 1 aliphatic rings. The van der Waals surface area contributed by atoms with Crippen LogP contribution in [0, 0.1) is 0 Å². The first-order valence-electron chi connectivity index (χ1n) is 7.65. The zero-order chi connectivity index (χ0) is 18.3. The Bertz CT molecular complexity index is 625. The number of ketones is 1. The number of hydrogen-bond acceptors (Lipinski definition) is 4. The molecule has 24 heavy (non-hydrogen) atoms. The maximum Gasteiger partial charge on any atom is 0.573 e. The highest BCUT2D eigenvalue weighted by molar-refractivity contribution is 6.62. The summed E-state index contributed by atoms with van der Waals surface area (Å²) in [6.45, 7) is 9.04. The van der Waals surface area contributed by atoms with Crippen LogP contribution in [0.25, 0.3) is 0 Å². The fourth-order valence-corrected chi connectivity index (χ4v) is 2.30. The number of Topliss-reactive ketones (excluding diaryl/α,β-unsaturated/α-hetero) is 1. The summed E-state index contributed by atoms with van der Waals surface area (Å²) in [7, 11) is -0.765. The molecule has 0 spiro atoms. The van der Waals surface area contributed by atoms with Crippen molar-refractivity contribution in [3.63, 3.8) is 0 Å². The molecule has 0 saturated carbocycles. The van der Waals surface area contributed by atoms with Gasteiger partial charge < -0.3 is 14.0 Å². The van der Waals surface area contributed by atoms with Crippen molar-refractivity contribution in [1.82, 2.24) is 0 Å². The molecular weight excluding hydrogens is 324 g/mol. The molecule has 1 aliphatic heterocycles. The molecule has 0 aliphatic carbocycles.